The van der Waals surface area contributed by atoms with Gasteiger partial charge in [-0.3, -0.25) is 9.69 Å². The lowest BCUT2D eigenvalue weighted by atomic mass is 10.1. The van der Waals surface area contributed by atoms with E-state index in [1.807, 2.05) is 24.8 Å². The van der Waals surface area contributed by atoms with Crippen LogP contribution >= 0.6 is 0 Å². The van der Waals surface area contributed by atoms with Crippen molar-refractivity contribution < 1.29 is 9.32 Å². The summed E-state index contributed by atoms with van der Waals surface area (Å²) in [5.41, 5.74) is 1.74. The highest BCUT2D eigenvalue weighted by Gasteiger charge is 2.28. The average Bonchev–Trinajstić information content (AvgIpc) is 3.02. The van der Waals surface area contributed by atoms with E-state index in [9.17, 15) is 4.79 Å². The zero-order valence-corrected chi connectivity index (χ0v) is 15.3. The van der Waals surface area contributed by atoms with E-state index in [-0.39, 0.29) is 17.9 Å². The number of rotatable bonds is 4. The topological polar surface area (TPSA) is 49.6 Å². The van der Waals surface area contributed by atoms with Crippen molar-refractivity contribution in [1.82, 2.24) is 15.0 Å². The first-order chi connectivity index (χ1) is 12.0. The molecule has 1 amide bonds. The molecule has 2 heterocycles. The second-order valence-corrected chi connectivity index (χ2v) is 7.19. The first-order valence-electron chi connectivity index (χ1n) is 9.08. The molecule has 1 aliphatic rings. The molecule has 1 aliphatic heterocycles. The average molecular weight is 341 g/mol. The van der Waals surface area contributed by atoms with Gasteiger partial charge in [0.25, 0.3) is 5.91 Å². The molecule has 1 fully saturated rings. The van der Waals surface area contributed by atoms with Gasteiger partial charge in [-0.25, -0.2) is 0 Å². The number of amides is 1. The van der Waals surface area contributed by atoms with Crippen LogP contribution in [0.2, 0.25) is 0 Å². The molecule has 0 N–H and O–H groups in total. The van der Waals surface area contributed by atoms with Gasteiger partial charge in [0.1, 0.15) is 5.76 Å². The van der Waals surface area contributed by atoms with Crippen molar-refractivity contribution in [3.05, 3.63) is 53.4 Å². The summed E-state index contributed by atoms with van der Waals surface area (Å²) in [6.07, 6.45) is 0.970. The van der Waals surface area contributed by atoms with E-state index < -0.39 is 0 Å². The Morgan fingerprint density at radius 2 is 2.04 bits per heavy atom. The first-order valence-corrected chi connectivity index (χ1v) is 9.08. The third-order valence-electron chi connectivity index (χ3n) is 4.75. The fourth-order valence-corrected chi connectivity index (χ4v) is 3.34. The lowest BCUT2D eigenvalue weighted by Gasteiger charge is -2.28. The Kier molecular flexibility index (Phi) is 5.53. The Morgan fingerprint density at radius 1 is 1.28 bits per heavy atom. The van der Waals surface area contributed by atoms with Crippen LogP contribution in [-0.2, 0) is 6.54 Å². The van der Waals surface area contributed by atoms with Crippen molar-refractivity contribution in [2.24, 2.45) is 0 Å². The van der Waals surface area contributed by atoms with Gasteiger partial charge < -0.3 is 9.42 Å². The fourth-order valence-electron chi connectivity index (χ4n) is 3.34. The van der Waals surface area contributed by atoms with Crippen LogP contribution < -0.4 is 0 Å². The van der Waals surface area contributed by atoms with E-state index in [1.54, 1.807) is 6.07 Å². The Balaban J connectivity index is 1.66. The summed E-state index contributed by atoms with van der Waals surface area (Å²) in [5, 5.41) is 3.98. The molecule has 5 heteroatoms. The number of aromatic nitrogens is 1. The molecule has 0 aliphatic carbocycles. The minimum absolute atomic E-state index is 0.0234. The summed E-state index contributed by atoms with van der Waals surface area (Å²) in [5.74, 6) is 0.971. The van der Waals surface area contributed by atoms with E-state index in [2.05, 4.69) is 41.2 Å². The third kappa shape index (κ3) is 4.28. The van der Waals surface area contributed by atoms with E-state index in [0.29, 0.717) is 5.69 Å². The summed E-state index contributed by atoms with van der Waals surface area (Å²) in [6, 6.07) is 12.4. The Hall–Kier alpha value is -2.14. The monoisotopic (exact) mass is 341 g/mol. The van der Waals surface area contributed by atoms with Gasteiger partial charge in [-0.1, -0.05) is 49.3 Å². The molecule has 2 aromatic rings. The predicted octanol–water partition coefficient (Wildman–Crippen LogP) is 3.53. The van der Waals surface area contributed by atoms with Crippen molar-refractivity contribution in [3.63, 3.8) is 0 Å². The quantitative estimate of drug-likeness (QED) is 0.853. The van der Waals surface area contributed by atoms with Gasteiger partial charge in [-0.15, -0.1) is 0 Å². The lowest BCUT2D eigenvalue weighted by molar-refractivity contribution is 0.0681. The van der Waals surface area contributed by atoms with Crippen molar-refractivity contribution in [2.75, 3.05) is 19.6 Å². The van der Waals surface area contributed by atoms with Crippen molar-refractivity contribution in [3.8, 4) is 0 Å². The summed E-state index contributed by atoms with van der Waals surface area (Å²) >= 11 is 0. The lowest BCUT2D eigenvalue weighted by Crippen LogP contribution is -2.42. The van der Waals surface area contributed by atoms with E-state index in [0.717, 1.165) is 38.4 Å². The van der Waals surface area contributed by atoms with Crippen LogP contribution in [-0.4, -0.2) is 46.5 Å². The molecule has 1 aromatic carbocycles. The highest BCUT2D eigenvalue weighted by molar-refractivity contribution is 5.92. The zero-order chi connectivity index (χ0) is 17.8. The summed E-state index contributed by atoms with van der Waals surface area (Å²) in [4.78, 5) is 17.2. The Labute approximate surface area is 149 Å². The Bertz CT molecular complexity index is 696. The molecule has 0 saturated carbocycles. The maximum atomic E-state index is 12.8. The van der Waals surface area contributed by atoms with Crippen molar-refractivity contribution >= 4 is 5.91 Å². The van der Waals surface area contributed by atoms with Crippen molar-refractivity contribution in [2.45, 2.75) is 45.7 Å². The standard InChI is InChI=1S/C20H27N3O2/c1-15(2)19-12-18(21-25-19)20(24)23-11-7-10-22(13-16(23)3)14-17-8-5-4-6-9-17/h4-6,8-9,12,15-16H,7,10-11,13-14H2,1-3H3/t16-/m0/s1. The molecular weight excluding hydrogens is 314 g/mol. The van der Waals surface area contributed by atoms with Gasteiger partial charge in [0.15, 0.2) is 5.69 Å². The van der Waals surface area contributed by atoms with Crippen molar-refractivity contribution in [1.29, 1.82) is 0 Å². The third-order valence-corrected chi connectivity index (χ3v) is 4.75. The van der Waals surface area contributed by atoms with Crippen LogP contribution in [0, 0.1) is 0 Å². The molecular formula is C20H27N3O2. The smallest absolute Gasteiger partial charge is 0.276 e. The van der Waals surface area contributed by atoms with E-state index in [1.165, 1.54) is 5.56 Å². The van der Waals surface area contributed by atoms with Gasteiger partial charge >= 0.3 is 0 Å². The highest BCUT2D eigenvalue weighted by Crippen LogP contribution is 2.19. The predicted molar refractivity (Wildman–Crippen MR) is 97.4 cm³/mol. The number of benzene rings is 1. The molecule has 1 aromatic heterocycles. The summed E-state index contributed by atoms with van der Waals surface area (Å²) in [6.45, 7) is 9.73. The van der Waals surface area contributed by atoms with Gasteiger partial charge in [-0.05, 0) is 18.9 Å². The van der Waals surface area contributed by atoms with Gasteiger partial charge in [0, 0.05) is 44.2 Å². The number of carbonyl (C=O) groups excluding carboxylic acids is 1. The Morgan fingerprint density at radius 3 is 2.72 bits per heavy atom. The minimum Gasteiger partial charge on any atom is -0.360 e. The molecule has 0 spiro atoms. The van der Waals surface area contributed by atoms with Gasteiger partial charge in [0.2, 0.25) is 0 Å². The SMILES string of the molecule is CC(C)c1cc(C(=O)N2CCCN(Cc3ccccc3)C[C@@H]2C)no1. The normalized spacial score (nSPS) is 19.2. The van der Waals surface area contributed by atoms with Crippen LogP contribution in [0.5, 0.6) is 0 Å². The molecule has 0 radical (unpaired) electrons. The molecule has 1 atom stereocenters. The molecule has 1 saturated heterocycles. The number of nitrogens with zero attached hydrogens (tertiary/aromatic N) is 3. The molecule has 5 nitrogen and oxygen atoms in total. The molecule has 0 unspecified atom stereocenters. The summed E-state index contributed by atoms with van der Waals surface area (Å²) < 4.78 is 5.30. The molecule has 134 valence electrons. The van der Waals surface area contributed by atoms with Gasteiger partial charge in [-0.2, -0.15) is 0 Å². The second-order valence-electron chi connectivity index (χ2n) is 7.19. The van der Waals surface area contributed by atoms with Crippen LogP contribution in [0.25, 0.3) is 0 Å². The van der Waals surface area contributed by atoms with Gasteiger partial charge in [0.05, 0.1) is 0 Å². The first kappa shape index (κ1) is 17.7. The van der Waals surface area contributed by atoms with Crippen LogP contribution in [0.4, 0.5) is 0 Å². The van der Waals surface area contributed by atoms with Crippen LogP contribution in [0.1, 0.15) is 54.9 Å². The van der Waals surface area contributed by atoms with E-state index in [4.69, 9.17) is 4.52 Å². The minimum atomic E-state index is -0.0234. The molecule has 25 heavy (non-hydrogen) atoms. The van der Waals surface area contributed by atoms with Crippen LogP contribution in [0.3, 0.4) is 0 Å². The number of hydrogen-bond acceptors (Lipinski definition) is 4. The van der Waals surface area contributed by atoms with E-state index >= 15 is 0 Å². The fraction of sp³-hybridized carbons (Fsp3) is 0.500. The molecule has 0 bridgehead atoms. The maximum Gasteiger partial charge on any atom is 0.276 e. The maximum absolute atomic E-state index is 12.8. The second kappa shape index (κ2) is 7.83. The number of hydrogen-bond donors (Lipinski definition) is 0. The summed E-state index contributed by atoms with van der Waals surface area (Å²) in [7, 11) is 0. The number of carbonyl (C=O) groups is 1. The highest BCUT2D eigenvalue weighted by atomic mass is 16.5. The zero-order valence-electron chi connectivity index (χ0n) is 15.3. The van der Waals surface area contributed by atoms with Crippen LogP contribution in [0.15, 0.2) is 40.9 Å². The largest absolute Gasteiger partial charge is 0.360 e. The molecule has 3 rings (SSSR count).